The van der Waals surface area contributed by atoms with Gasteiger partial charge in [-0.15, -0.1) is 0 Å². The Balaban J connectivity index is 2.47. The van der Waals surface area contributed by atoms with Crippen LogP contribution in [0.25, 0.3) is 0 Å². The summed E-state index contributed by atoms with van der Waals surface area (Å²) in [5.74, 6) is -2.07. The molecule has 21 heavy (non-hydrogen) atoms. The van der Waals surface area contributed by atoms with Crippen LogP contribution in [0.4, 0.5) is 20.2 Å². The van der Waals surface area contributed by atoms with Crippen molar-refractivity contribution in [2.45, 2.75) is 4.90 Å². The highest BCUT2D eigenvalue weighted by Gasteiger charge is 2.21. The Kier molecular flexibility index (Phi) is 4.27. The first-order chi connectivity index (χ1) is 9.70. The number of benzene rings is 2. The minimum Gasteiger partial charge on any atom is -0.398 e. The number of nitrogens with one attached hydrogen (secondary N) is 1. The van der Waals surface area contributed by atoms with E-state index in [-0.39, 0.29) is 15.6 Å². The van der Waals surface area contributed by atoms with Crippen LogP contribution >= 0.6 is 23.2 Å². The molecule has 0 fully saturated rings. The monoisotopic (exact) mass is 352 g/mol. The molecule has 9 heteroatoms. The summed E-state index contributed by atoms with van der Waals surface area (Å²) in [6.45, 7) is 0. The minimum absolute atomic E-state index is 0.117. The maximum atomic E-state index is 13.6. The van der Waals surface area contributed by atoms with E-state index in [0.29, 0.717) is 6.07 Å². The quantitative estimate of drug-likeness (QED) is 0.828. The van der Waals surface area contributed by atoms with E-state index in [1.807, 2.05) is 4.72 Å². The van der Waals surface area contributed by atoms with Crippen LogP contribution in [-0.4, -0.2) is 8.42 Å². The summed E-state index contributed by atoms with van der Waals surface area (Å²) >= 11 is 11.3. The standard InChI is InChI=1S/C12H8Cl2F2N2O2S/c13-6-1-2-11(10(17)3-6)21(19,20)18-12-8(14)4-7(15)5-9(12)16/h1-5,18H,17H2. The highest BCUT2D eigenvalue weighted by Crippen LogP contribution is 2.30. The lowest BCUT2D eigenvalue weighted by atomic mass is 10.3. The van der Waals surface area contributed by atoms with Crippen LogP contribution in [0.1, 0.15) is 0 Å². The third kappa shape index (κ3) is 3.37. The van der Waals surface area contributed by atoms with Crippen molar-refractivity contribution in [2.75, 3.05) is 10.5 Å². The lowest BCUT2D eigenvalue weighted by molar-refractivity contribution is 0.583. The van der Waals surface area contributed by atoms with Gasteiger partial charge >= 0.3 is 0 Å². The number of nitrogens with two attached hydrogens (primary N) is 1. The van der Waals surface area contributed by atoms with Crippen LogP contribution < -0.4 is 10.5 Å². The van der Waals surface area contributed by atoms with Crippen LogP contribution in [0.3, 0.4) is 0 Å². The number of hydrogen-bond acceptors (Lipinski definition) is 3. The smallest absolute Gasteiger partial charge is 0.264 e. The molecule has 0 saturated carbocycles. The third-order valence-electron chi connectivity index (χ3n) is 2.50. The van der Waals surface area contributed by atoms with E-state index >= 15 is 0 Å². The van der Waals surface area contributed by atoms with Crippen molar-refractivity contribution in [1.29, 1.82) is 0 Å². The van der Waals surface area contributed by atoms with E-state index in [9.17, 15) is 17.2 Å². The van der Waals surface area contributed by atoms with Crippen LogP contribution in [0.2, 0.25) is 10.0 Å². The molecule has 0 heterocycles. The Morgan fingerprint density at radius 3 is 2.33 bits per heavy atom. The molecular weight excluding hydrogens is 345 g/mol. The van der Waals surface area contributed by atoms with Crippen molar-refractivity contribution in [3.05, 3.63) is 52.0 Å². The molecule has 0 unspecified atom stereocenters. The SMILES string of the molecule is Nc1cc(Cl)ccc1S(=O)(=O)Nc1c(F)cc(F)cc1Cl. The van der Waals surface area contributed by atoms with Gasteiger partial charge in [-0.1, -0.05) is 23.2 Å². The van der Waals surface area contributed by atoms with Gasteiger partial charge in [0.2, 0.25) is 0 Å². The van der Waals surface area contributed by atoms with Crippen LogP contribution in [0.5, 0.6) is 0 Å². The van der Waals surface area contributed by atoms with Crippen molar-refractivity contribution < 1.29 is 17.2 Å². The van der Waals surface area contributed by atoms with E-state index in [0.717, 1.165) is 12.1 Å². The molecule has 0 spiro atoms. The maximum absolute atomic E-state index is 13.6. The second-order valence-corrected chi connectivity index (χ2v) is 6.53. The van der Waals surface area contributed by atoms with E-state index in [4.69, 9.17) is 28.9 Å². The Bertz CT molecular complexity index is 790. The Morgan fingerprint density at radius 2 is 1.76 bits per heavy atom. The average Bonchev–Trinajstić information content (AvgIpc) is 2.33. The van der Waals surface area contributed by atoms with Gasteiger partial charge in [0.15, 0.2) is 5.82 Å². The fourth-order valence-electron chi connectivity index (χ4n) is 1.59. The van der Waals surface area contributed by atoms with E-state index in [1.165, 1.54) is 12.1 Å². The number of anilines is 2. The van der Waals surface area contributed by atoms with E-state index in [2.05, 4.69) is 0 Å². The first-order valence-electron chi connectivity index (χ1n) is 5.43. The summed E-state index contributed by atoms with van der Waals surface area (Å²) in [6, 6.07) is 5.01. The van der Waals surface area contributed by atoms with Crippen molar-refractivity contribution in [2.24, 2.45) is 0 Å². The zero-order valence-corrected chi connectivity index (χ0v) is 12.5. The summed E-state index contributed by atoms with van der Waals surface area (Å²) in [4.78, 5) is -0.299. The second kappa shape index (κ2) is 5.67. The molecule has 2 aromatic rings. The van der Waals surface area contributed by atoms with Gasteiger partial charge in [-0.05, 0) is 24.3 Å². The lowest BCUT2D eigenvalue weighted by Gasteiger charge is -2.12. The molecule has 0 bridgehead atoms. The predicted octanol–water partition coefficient (Wildman–Crippen LogP) is 3.65. The Morgan fingerprint density at radius 1 is 1.10 bits per heavy atom. The highest BCUT2D eigenvalue weighted by atomic mass is 35.5. The average molecular weight is 353 g/mol. The molecule has 0 amide bonds. The first-order valence-corrected chi connectivity index (χ1v) is 7.67. The second-order valence-electron chi connectivity index (χ2n) is 4.03. The van der Waals surface area contributed by atoms with Crippen molar-refractivity contribution in [1.82, 2.24) is 0 Å². The summed E-state index contributed by atoms with van der Waals surface area (Å²) < 4.78 is 52.8. The molecule has 0 aliphatic heterocycles. The fraction of sp³-hybridized carbons (Fsp3) is 0. The Hall–Kier alpha value is -1.57. The number of rotatable bonds is 3. The topological polar surface area (TPSA) is 72.2 Å². The molecule has 0 aliphatic carbocycles. The number of hydrogen-bond donors (Lipinski definition) is 2. The number of halogens is 4. The third-order valence-corrected chi connectivity index (χ3v) is 4.46. The van der Waals surface area contributed by atoms with Gasteiger partial charge in [-0.2, -0.15) is 0 Å². The van der Waals surface area contributed by atoms with Crippen molar-refractivity contribution in [3.63, 3.8) is 0 Å². The van der Waals surface area contributed by atoms with Crippen LogP contribution in [0, 0.1) is 11.6 Å². The lowest BCUT2D eigenvalue weighted by Crippen LogP contribution is -2.16. The molecule has 0 radical (unpaired) electrons. The summed E-state index contributed by atoms with van der Waals surface area (Å²) in [5.41, 5.74) is 4.89. The molecule has 4 nitrogen and oxygen atoms in total. The molecule has 2 rings (SSSR count). The molecular formula is C12H8Cl2F2N2O2S. The fourth-order valence-corrected chi connectivity index (χ4v) is 3.27. The molecule has 112 valence electrons. The van der Waals surface area contributed by atoms with Gasteiger partial charge < -0.3 is 5.73 Å². The highest BCUT2D eigenvalue weighted by molar-refractivity contribution is 7.92. The number of sulfonamides is 1. The molecule has 0 saturated heterocycles. The van der Waals surface area contributed by atoms with Crippen LogP contribution in [0.15, 0.2) is 35.2 Å². The van der Waals surface area contributed by atoms with Crippen molar-refractivity contribution in [3.8, 4) is 0 Å². The normalized spacial score (nSPS) is 11.4. The first kappa shape index (κ1) is 15.8. The van der Waals surface area contributed by atoms with Gasteiger partial charge in [-0.25, -0.2) is 17.2 Å². The zero-order chi connectivity index (χ0) is 15.8. The zero-order valence-electron chi connectivity index (χ0n) is 10.2. The number of nitrogen functional groups attached to an aromatic ring is 1. The molecule has 0 atom stereocenters. The maximum Gasteiger partial charge on any atom is 0.264 e. The van der Waals surface area contributed by atoms with Crippen LogP contribution in [-0.2, 0) is 10.0 Å². The van der Waals surface area contributed by atoms with Gasteiger partial charge in [0.1, 0.15) is 16.4 Å². The summed E-state index contributed by atoms with van der Waals surface area (Å²) in [7, 11) is -4.20. The predicted molar refractivity (Wildman–Crippen MR) is 78.0 cm³/mol. The van der Waals surface area contributed by atoms with Crippen molar-refractivity contribution >= 4 is 44.6 Å². The Labute approximate surface area is 129 Å². The molecule has 3 N–H and O–H groups in total. The molecule has 2 aromatic carbocycles. The van der Waals surface area contributed by atoms with Gasteiger partial charge in [0, 0.05) is 11.1 Å². The summed E-state index contributed by atoms with van der Waals surface area (Å²) in [6.07, 6.45) is 0. The van der Waals surface area contributed by atoms with E-state index in [1.54, 1.807) is 0 Å². The van der Waals surface area contributed by atoms with Gasteiger partial charge in [-0.3, -0.25) is 4.72 Å². The van der Waals surface area contributed by atoms with E-state index < -0.39 is 32.4 Å². The van der Waals surface area contributed by atoms with Gasteiger partial charge in [0.05, 0.1) is 10.7 Å². The minimum atomic E-state index is -4.20. The summed E-state index contributed by atoms with van der Waals surface area (Å²) in [5, 5.41) is -0.166. The van der Waals surface area contributed by atoms with Gasteiger partial charge in [0.25, 0.3) is 10.0 Å². The largest absolute Gasteiger partial charge is 0.398 e. The molecule has 0 aliphatic rings. The molecule has 0 aromatic heterocycles.